The van der Waals surface area contributed by atoms with Gasteiger partial charge in [-0.15, -0.1) is 0 Å². The van der Waals surface area contributed by atoms with Gasteiger partial charge in [0.05, 0.1) is 17.0 Å². The second kappa shape index (κ2) is 6.79. The lowest BCUT2D eigenvalue weighted by molar-refractivity contribution is 0.0695. The number of fused-ring (bicyclic) bond motifs is 1. The molecule has 144 valence electrons. The molecule has 0 amide bonds. The molecule has 28 heavy (non-hydrogen) atoms. The first-order valence-corrected chi connectivity index (χ1v) is 9.69. The van der Waals surface area contributed by atoms with Gasteiger partial charge < -0.3 is 10.0 Å². The molecule has 0 radical (unpaired) electrons. The van der Waals surface area contributed by atoms with Gasteiger partial charge in [0, 0.05) is 35.4 Å². The summed E-state index contributed by atoms with van der Waals surface area (Å²) in [5.74, 6) is -2.01. The Morgan fingerprint density at radius 1 is 1.21 bits per heavy atom. The Bertz CT molecular complexity index is 1210. The van der Waals surface area contributed by atoms with Gasteiger partial charge in [-0.1, -0.05) is 0 Å². The Balaban J connectivity index is 2.02. The van der Waals surface area contributed by atoms with E-state index in [0.29, 0.717) is 24.2 Å². The number of pyridine rings is 2. The molecule has 0 saturated carbocycles. The molecular weight excluding hydrogens is 392 g/mol. The molecule has 1 aliphatic rings. The van der Waals surface area contributed by atoms with Crippen LogP contribution < -0.4 is 10.3 Å². The van der Waals surface area contributed by atoms with Crippen LogP contribution in [0.1, 0.15) is 10.4 Å². The van der Waals surface area contributed by atoms with Gasteiger partial charge in [-0.25, -0.2) is 18.6 Å². The van der Waals surface area contributed by atoms with Crippen LogP contribution in [-0.4, -0.2) is 43.0 Å². The summed E-state index contributed by atoms with van der Waals surface area (Å²) in [7, 11) is -1.01. The molecule has 10 heteroatoms. The molecule has 3 heterocycles. The zero-order chi connectivity index (χ0) is 20.0. The molecule has 1 saturated heterocycles. The SMILES string of the molecule is O=C(O)c1cn(-c2ccc(F)cc2F)c2nc(N3CCS(=O)C3)ccc2c1=O. The van der Waals surface area contributed by atoms with Crippen LogP contribution in [-0.2, 0) is 10.8 Å². The first-order valence-electron chi connectivity index (χ1n) is 8.20. The third-order valence-corrected chi connectivity index (χ3v) is 5.69. The first-order chi connectivity index (χ1) is 13.3. The lowest BCUT2D eigenvalue weighted by Gasteiger charge is -2.18. The second-order valence-corrected chi connectivity index (χ2v) is 7.77. The summed E-state index contributed by atoms with van der Waals surface area (Å²) in [6.07, 6.45) is 0.974. The molecule has 7 nitrogen and oxygen atoms in total. The predicted molar refractivity (Wildman–Crippen MR) is 99.4 cm³/mol. The molecule has 1 fully saturated rings. The van der Waals surface area contributed by atoms with Crippen molar-refractivity contribution in [2.24, 2.45) is 0 Å². The molecule has 1 N–H and O–H groups in total. The number of anilines is 1. The fourth-order valence-corrected chi connectivity index (χ4v) is 4.24. The second-order valence-electron chi connectivity index (χ2n) is 6.22. The van der Waals surface area contributed by atoms with Crippen LogP contribution in [0.3, 0.4) is 0 Å². The van der Waals surface area contributed by atoms with Gasteiger partial charge >= 0.3 is 5.97 Å². The maximum absolute atomic E-state index is 14.4. The summed E-state index contributed by atoms with van der Waals surface area (Å²) < 4.78 is 40.5. The monoisotopic (exact) mass is 405 g/mol. The van der Waals surface area contributed by atoms with Gasteiger partial charge in [0.2, 0.25) is 5.43 Å². The van der Waals surface area contributed by atoms with Gasteiger partial charge in [-0.3, -0.25) is 13.6 Å². The summed E-state index contributed by atoms with van der Waals surface area (Å²) >= 11 is 0. The maximum Gasteiger partial charge on any atom is 0.341 e. The van der Waals surface area contributed by atoms with Crippen LogP contribution in [0.5, 0.6) is 0 Å². The highest BCUT2D eigenvalue weighted by molar-refractivity contribution is 7.85. The van der Waals surface area contributed by atoms with Crippen LogP contribution in [0.15, 0.2) is 41.3 Å². The quantitative estimate of drug-likeness (QED) is 0.716. The van der Waals surface area contributed by atoms with Crippen molar-refractivity contribution in [3.63, 3.8) is 0 Å². The lowest BCUT2D eigenvalue weighted by atomic mass is 10.1. The number of carboxylic acid groups (broad SMARTS) is 1. The van der Waals surface area contributed by atoms with Crippen LogP contribution in [0.25, 0.3) is 16.7 Å². The molecule has 1 aliphatic heterocycles. The third-order valence-electron chi connectivity index (χ3n) is 4.45. The number of carbonyl (C=O) groups is 1. The van der Waals surface area contributed by atoms with E-state index in [1.165, 1.54) is 12.1 Å². The molecule has 1 atom stereocenters. The van der Waals surface area contributed by atoms with Crippen molar-refractivity contribution in [2.75, 3.05) is 23.1 Å². The lowest BCUT2D eigenvalue weighted by Crippen LogP contribution is -2.23. The molecule has 0 spiro atoms. The zero-order valence-corrected chi connectivity index (χ0v) is 15.1. The Kier molecular flexibility index (Phi) is 4.42. The number of carboxylic acids is 1. The highest BCUT2D eigenvalue weighted by Crippen LogP contribution is 2.23. The van der Waals surface area contributed by atoms with Crippen LogP contribution in [0.4, 0.5) is 14.6 Å². The average molecular weight is 405 g/mol. The van der Waals surface area contributed by atoms with E-state index in [2.05, 4.69) is 4.98 Å². The number of hydrogen-bond acceptors (Lipinski definition) is 5. The van der Waals surface area contributed by atoms with E-state index in [4.69, 9.17) is 0 Å². The van der Waals surface area contributed by atoms with Crippen molar-refractivity contribution < 1.29 is 22.9 Å². The Morgan fingerprint density at radius 3 is 2.64 bits per heavy atom. The van der Waals surface area contributed by atoms with E-state index >= 15 is 0 Å². The minimum Gasteiger partial charge on any atom is -0.477 e. The smallest absolute Gasteiger partial charge is 0.341 e. The van der Waals surface area contributed by atoms with Crippen molar-refractivity contribution >= 4 is 33.6 Å². The Hall–Kier alpha value is -3.14. The number of halogens is 2. The normalized spacial score (nSPS) is 16.6. The molecule has 0 aliphatic carbocycles. The molecule has 4 rings (SSSR count). The summed E-state index contributed by atoms with van der Waals surface area (Å²) in [6, 6.07) is 5.76. The van der Waals surface area contributed by atoms with Crippen LogP contribution in [0.2, 0.25) is 0 Å². The van der Waals surface area contributed by atoms with E-state index < -0.39 is 39.4 Å². The summed E-state index contributed by atoms with van der Waals surface area (Å²) in [5, 5.41) is 9.32. The minimum atomic E-state index is -1.47. The molecule has 1 unspecified atom stereocenters. The van der Waals surface area contributed by atoms with Gasteiger partial charge in [0.1, 0.15) is 23.0 Å². The van der Waals surface area contributed by atoms with E-state index in [0.717, 1.165) is 22.9 Å². The molecule has 1 aromatic carbocycles. The first kappa shape index (κ1) is 18.2. The van der Waals surface area contributed by atoms with Gasteiger partial charge in [0.25, 0.3) is 0 Å². The highest BCUT2D eigenvalue weighted by Gasteiger charge is 2.22. The van der Waals surface area contributed by atoms with E-state index in [1.807, 2.05) is 0 Å². The number of aromatic nitrogens is 2. The summed E-state index contributed by atoms with van der Waals surface area (Å²) in [6.45, 7) is 0.507. The fourth-order valence-electron chi connectivity index (χ4n) is 3.08. The Labute approximate surface area is 159 Å². The predicted octanol–water partition coefficient (Wildman–Crippen LogP) is 1.89. The number of hydrogen-bond donors (Lipinski definition) is 1. The van der Waals surface area contributed by atoms with Crippen LogP contribution >= 0.6 is 0 Å². The largest absolute Gasteiger partial charge is 0.477 e. The number of rotatable bonds is 3. The zero-order valence-electron chi connectivity index (χ0n) is 14.3. The van der Waals surface area contributed by atoms with Gasteiger partial charge in [-0.05, 0) is 24.3 Å². The van der Waals surface area contributed by atoms with Gasteiger partial charge in [0.15, 0.2) is 5.65 Å². The van der Waals surface area contributed by atoms with Crippen molar-refractivity contribution in [1.82, 2.24) is 9.55 Å². The standard InChI is InChI=1S/C18H13F2N3O4S/c19-10-1-3-14(13(20)7-10)23-8-12(18(25)26)16(24)11-2-4-15(21-17(11)23)22-5-6-28(27)9-22/h1-4,7-8H,5-6,9H2,(H,25,26). The van der Waals surface area contributed by atoms with Crippen molar-refractivity contribution in [3.05, 3.63) is 63.9 Å². The number of aromatic carboxylic acids is 1. The Morgan fingerprint density at radius 2 is 2.00 bits per heavy atom. The molecule has 3 aromatic rings. The molecule has 0 bridgehead atoms. The van der Waals surface area contributed by atoms with E-state index in [9.17, 15) is 27.7 Å². The number of nitrogens with zero attached hydrogens (tertiary/aromatic N) is 3. The highest BCUT2D eigenvalue weighted by atomic mass is 32.2. The van der Waals surface area contributed by atoms with Crippen molar-refractivity contribution in [2.45, 2.75) is 0 Å². The molecular formula is C18H13F2N3O4S. The van der Waals surface area contributed by atoms with Crippen molar-refractivity contribution in [3.8, 4) is 5.69 Å². The average Bonchev–Trinajstić information content (AvgIpc) is 3.08. The van der Waals surface area contributed by atoms with E-state index in [1.54, 1.807) is 4.90 Å². The fraction of sp³-hybridized carbons (Fsp3) is 0.167. The van der Waals surface area contributed by atoms with Gasteiger partial charge in [-0.2, -0.15) is 0 Å². The summed E-state index contributed by atoms with van der Waals surface area (Å²) in [4.78, 5) is 30.2. The maximum atomic E-state index is 14.4. The minimum absolute atomic E-state index is 0.0207. The van der Waals surface area contributed by atoms with Crippen molar-refractivity contribution in [1.29, 1.82) is 0 Å². The van der Waals surface area contributed by atoms with Crippen LogP contribution in [0, 0.1) is 11.6 Å². The van der Waals surface area contributed by atoms with E-state index in [-0.39, 0.29) is 22.6 Å². The topological polar surface area (TPSA) is 92.5 Å². The molecule has 2 aromatic heterocycles. The number of benzene rings is 1. The third kappa shape index (κ3) is 3.05. The summed E-state index contributed by atoms with van der Waals surface area (Å²) in [5.41, 5.74) is -1.45.